The molecule has 0 fully saturated rings. The van der Waals surface area contributed by atoms with Crippen LogP contribution in [0, 0.1) is 0 Å². The zero-order valence-electron chi connectivity index (χ0n) is 13.1. The topological polar surface area (TPSA) is 95.7 Å². The molecule has 120 valence electrons. The second-order valence-electron chi connectivity index (χ2n) is 5.27. The molecule has 1 aromatic rings. The maximum atomic E-state index is 11.8. The molecule has 0 saturated carbocycles. The zero-order chi connectivity index (χ0) is 16.7. The minimum absolute atomic E-state index is 0.00931. The number of hydrogen-bond acceptors (Lipinski definition) is 4. The maximum absolute atomic E-state index is 11.8. The van der Waals surface area contributed by atoms with Crippen LogP contribution in [-0.2, 0) is 9.59 Å². The molecule has 0 radical (unpaired) electrons. The quantitative estimate of drug-likeness (QED) is 0.748. The largest absolute Gasteiger partial charge is 0.366 e. The van der Waals surface area contributed by atoms with Crippen molar-refractivity contribution < 1.29 is 14.4 Å². The van der Waals surface area contributed by atoms with Crippen LogP contribution in [0.4, 0.5) is 5.69 Å². The van der Waals surface area contributed by atoms with Crippen LogP contribution in [0.25, 0.3) is 0 Å². The summed E-state index contributed by atoms with van der Waals surface area (Å²) in [6, 6.07) is 6.36. The Morgan fingerprint density at radius 1 is 1.09 bits per heavy atom. The molecule has 0 aliphatic rings. The second-order valence-corrected chi connectivity index (χ2v) is 5.27. The van der Waals surface area contributed by atoms with Gasteiger partial charge in [0.2, 0.25) is 17.7 Å². The van der Waals surface area contributed by atoms with Gasteiger partial charge >= 0.3 is 0 Å². The molecule has 0 saturated heterocycles. The van der Waals surface area contributed by atoms with E-state index >= 15 is 0 Å². The fourth-order valence-electron chi connectivity index (χ4n) is 1.69. The van der Waals surface area contributed by atoms with Crippen molar-refractivity contribution in [2.45, 2.75) is 6.42 Å². The van der Waals surface area contributed by atoms with E-state index in [1.807, 2.05) is 0 Å². The number of carbonyl (C=O) groups is 3. The second kappa shape index (κ2) is 8.14. The van der Waals surface area contributed by atoms with E-state index in [1.165, 1.54) is 4.90 Å². The van der Waals surface area contributed by atoms with E-state index in [1.54, 1.807) is 50.3 Å². The van der Waals surface area contributed by atoms with E-state index in [9.17, 15) is 14.4 Å². The van der Waals surface area contributed by atoms with Crippen molar-refractivity contribution in [2.24, 2.45) is 5.73 Å². The number of primary amides is 1. The lowest BCUT2D eigenvalue weighted by Crippen LogP contribution is -2.35. The van der Waals surface area contributed by atoms with Crippen LogP contribution in [0.15, 0.2) is 24.3 Å². The van der Waals surface area contributed by atoms with Crippen molar-refractivity contribution in [2.75, 3.05) is 39.5 Å². The Bertz CT molecular complexity index is 540. The van der Waals surface area contributed by atoms with E-state index < -0.39 is 5.91 Å². The third-order valence-corrected chi connectivity index (χ3v) is 3.08. The van der Waals surface area contributed by atoms with Gasteiger partial charge in [0.05, 0.1) is 6.54 Å². The molecular weight excluding hydrogens is 284 g/mol. The molecule has 0 aliphatic heterocycles. The van der Waals surface area contributed by atoms with Crippen molar-refractivity contribution in [1.82, 2.24) is 9.80 Å². The molecule has 7 nitrogen and oxygen atoms in total. The molecular formula is C15H22N4O3. The minimum Gasteiger partial charge on any atom is -0.366 e. The molecule has 0 unspecified atom stereocenters. The van der Waals surface area contributed by atoms with Gasteiger partial charge in [-0.25, -0.2) is 0 Å². The molecule has 3 amide bonds. The van der Waals surface area contributed by atoms with Crippen LogP contribution in [0.5, 0.6) is 0 Å². The van der Waals surface area contributed by atoms with Gasteiger partial charge in [-0.2, -0.15) is 0 Å². The van der Waals surface area contributed by atoms with E-state index in [0.717, 1.165) is 0 Å². The summed E-state index contributed by atoms with van der Waals surface area (Å²) in [6.45, 7) is 0.748. The number of nitrogens with two attached hydrogens (primary N) is 1. The standard InChI is InChI=1S/C15H22N4O3/c1-18(2)14(21)10-19(3)9-8-13(20)17-12-6-4-11(5-7-12)15(16)22/h4-7H,8-10H2,1-3H3,(H2,16,22)(H,17,20). The van der Waals surface area contributed by atoms with Crippen molar-refractivity contribution in [3.8, 4) is 0 Å². The van der Waals surface area contributed by atoms with Crippen LogP contribution in [0.3, 0.4) is 0 Å². The molecule has 3 N–H and O–H groups in total. The van der Waals surface area contributed by atoms with Gasteiger partial charge in [0, 0.05) is 38.3 Å². The summed E-state index contributed by atoms with van der Waals surface area (Å²) < 4.78 is 0. The lowest BCUT2D eigenvalue weighted by molar-refractivity contribution is -0.130. The SMILES string of the molecule is CN(CCC(=O)Nc1ccc(C(N)=O)cc1)CC(=O)N(C)C. The van der Waals surface area contributed by atoms with Gasteiger partial charge < -0.3 is 16.0 Å². The first kappa shape index (κ1) is 17.6. The monoisotopic (exact) mass is 306 g/mol. The Labute approximate surface area is 130 Å². The van der Waals surface area contributed by atoms with Gasteiger partial charge in [-0.15, -0.1) is 0 Å². The maximum Gasteiger partial charge on any atom is 0.248 e. The van der Waals surface area contributed by atoms with Crippen LogP contribution in [0.2, 0.25) is 0 Å². The fourth-order valence-corrected chi connectivity index (χ4v) is 1.69. The Hall–Kier alpha value is -2.41. The lowest BCUT2D eigenvalue weighted by atomic mass is 10.2. The number of likely N-dealkylation sites (N-methyl/N-ethyl adjacent to an activating group) is 2. The summed E-state index contributed by atoms with van der Waals surface area (Å²) in [7, 11) is 5.17. The van der Waals surface area contributed by atoms with Gasteiger partial charge in [0.1, 0.15) is 0 Å². The highest BCUT2D eigenvalue weighted by atomic mass is 16.2. The van der Waals surface area contributed by atoms with Crippen LogP contribution in [0.1, 0.15) is 16.8 Å². The predicted octanol–water partition coefficient (Wildman–Crippen LogP) is 0.134. The summed E-state index contributed by atoms with van der Waals surface area (Å²) in [6.07, 6.45) is 0.273. The van der Waals surface area contributed by atoms with Crippen molar-refractivity contribution in [3.63, 3.8) is 0 Å². The third kappa shape index (κ3) is 5.92. The zero-order valence-corrected chi connectivity index (χ0v) is 13.1. The first-order valence-electron chi connectivity index (χ1n) is 6.88. The number of hydrogen-bond donors (Lipinski definition) is 2. The number of amides is 3. The van der Waals surface area contributed by atoms with Gasteiger partial charge in [-0.3, -0.25) is 19.3 Å². The molecule has 1 rings (SSSR count). The average Bonchev–Trinajstić information content (AvgIpc) is 2.45. The summed E-state index contributed by atoms with van der Waals surface area (Å²) >= 11 is 0. The lowest BCUT2D eigenvalue weighted by Gasteiger charge is -2.18. The number of benzene rings is 1. The van der Waals surface area contributed by atoms with E-state index in [2.05, 4.69) is 5.32 Å². The van der Waals surface area contributed by atoms with Crippen molar-refractivity contribution in [1.29, 1.82) is 0 Å². The highest BCUT2D eigenvalue weighted by Crippen LogP contribution is 2.09. The number of nitrogens with one attached hydrogen (secondary N) is 1. The Morgan fingerprint density at radius 3 is 2.18 bits per heavy atom. The molecule has 1 aromatic carbocycles. The first-order valence-corrected chi connectivity index (χ1v) is 6.88. The average molecular weight is 306 g/mol. The van der Waals surface area contributed by atoms with Crippen molar-refractivity contribution in [3.05, 3.63) is 29.8 Å². The summed E-state index contributed by atoms with van der Waals surface area (Å²) in [5.41, 5.74) is 6.13. The number of rotatable bonds is 7. The van der Waals surface area contributed by atoms with Gasteiger partial charge in [0.15, 0.2) is 0 Å². The Kier molecular flexibility index (Phi) is 6.52. The molecule has 0 bridgehead atoms. The highest BCUT2D eigenvalue weighted by Gasteiger charge is 2.10. The van der Waals surface area contributed by atoms with E-state index in [0.29, 0.717) is 17.8 Å². The van der Waals surface area contributed by atoms with E-state index in [4.69, 9.17) is 5.73 Å². The molecule has 0 atom stereocenters. The van der Waals surface area contributed by atoms with Crippen molar-refractivity contribution >= 4 is 23.4 Å². The molecule has 0 heterocycles. The van der Waals surface area contributed by atoms with Crippen LogP contribution >= 0.6 is 0 Å². The summed E-state index contributed by atoms with van der Waals surface area (Å²) in [4.78, 5) is 37.6. The van der Waals surface area contributed by atoms with Gasteiger partial charge in [0.25, 0.3) is 0 Å². The van der Waals surface area contributed by atoms with E-state index in [-0.39, 0.29) is 24.8 Å². The van der Waals surface area contributed by atoms with Crippen LogP contribution < -0.4 is 11.1 Å². The summed E-state index contributed by atoms with van der Waals surface area (Å²) in [5, 5.41) is 2.73. The molecule has 7 heteroatoms. The third-order valence-electron chi connectivity index (χ3n) is 3.08. The normalized spacial score (nSPS) is 10.4. The smallest absolute Gasteiger partial charge is 0.248 e. The predicted molar refractivity (Wildman–Crippen MR) is 84.4 cm³/mol. The molecule has 0 spiro atoms. The number of nitrogens with zero attached hydrogens (tertiary/aromatic N) is 2. The highest BCUT2D eigenvalue weighted by molar-refractivity contribution is 5.94. The van der Waals surface area contributed by atoms with Gasteiger partial charge in [-0.1, -0.05) is 0 Å². The first-order chi connectivity index (χ1) is 10.3. The Morgan fingerprint density at radius 2 is 1.68 bits per heavy atom. The molecule has 0 aliphatic carbocycles. The summed E-state index contributed by atoms with van der Waals surface area (Å²) in [5.74, 6) is -0.675. The minimum atomic E-state index is -0.509. The fraction of sp³-hybridized carbons (Fsp3) is 0.400. The number of anilines is 1. The molecule has 22 heavy (non-hydrogen) atoms. The van der Waals surface area contributed by atoms with Gasteiger partial charge in [-0.05, 0) is 31.3 Å². The Balaban J connectivity index is 2.40. The molecule has 0 aromatic heterocycles. The van der Waals surface area contributed by atoms with Crippen LogP contribution in [-0.4, -0.2) is 61.8 Å². The number of carbonyl (C=O) groups excluding carboxylic acids is 3.